The van der Waals surface area contributed by atoms with Crippen LogP contribution >= 0.6 is 0 Å². The summed E-state index contributed by atoms with van der Waals surface area (Å²) in [4.78, 5) is 6.25. The number of rotatable bonds is 2. The van der Waals surface area contributed by atoms with Gasteiger partial charge in [-0.25, -0.2) is 4.98 Å². The molecule has 0 spiro atoms. The zero-order chi connectivity index (χ0) is 10.7. The van der Waals surface area contributed by atoms with Gasteiger partial charge in [-0.15, -0.1) is 0 Å². The molecule has 0 bridgehead atoms. The lowest BCUT2D eigenvalue weighted by Crippen LogP contribution is -2.26. The molecular weight excluding hydrogens is 188 g/mol. The van der Waals surface area contributed by atoms with Crippen LogP contribution in [-0.2, 0) is 6.54 Å². The molecule has 0 amide bonds. The molecule has 0 radical (unpaired) electrons. The van der Waals surface area contributed by atoms with Crippen molar-refractivity contribution in [2.45, 2.75) is 19.0 Å². The quantitative estimate of drug-likeness (QED) is 0.757. The molecule has 0 unspecified atom stereocenters. The van der Waals surface area contributed by atoms with Gasteiger partial charge in [0.25, 0.3) is 0 Å². The average Bonchev–Trinajstić information content (AvgIpc) is 2.64. The van der Waals surface area contributed by atoms with Crippen LogP contribution in [0.25, 0.3) is 0 Å². The van der Waals surface area contributed by atoms with Crippen molar-refractivity contribution in [1.82, 2.24) is 9.88 Å². The molecule has 1 aromatic rings. The number of pyridine rings is 1. The molecule has 1 fully saturated rings. The lowest BCUT2D eigenvalue weighted by Gasteiger charge is -2.14. The largest absolute Gasteiger partial charge is 0.326 e. The Morgan fingerprint density at radius 3 is 3.20 bits per heavy atom. The summed E-state index contributed by atoms with van der Waals surface area (Å²) in [5.41, 5.74) is 7.45. The van der Waals surface area contributed by atoms with E-state index in [0.717, 1.165) is 31.6 Å². The topological polar surface area (TPSA) is 65.9 Å². The summed E-state index contributed by atoms with van der Waals surface area (Å²) < 4.78 is 0. The van der Waals surface area contributed by atoms with Crippen molar-refractivity contribution in [3.63, 3.8) is 0 Å². The lowest BCUT2D eigenvalue weighted by atomic mass is 10.2. The van der Waals surface area contributed by atoms with E-state index in [4.69, 9.17) is 11.0 Å². The fourth-order valence-electron chi connectivity index (χ4n) is 1.90. The minimum absolute atomic E-state index is 0.308. The highest BCUT2D eigenvalue weighted by Gasteiger charge is 2.18. The number of nitrogens with zero attached hydrogens (tertiary/aromatic N) is 3. The first kappa shape index (κ1) is 10.1. The Morgan fingerprint density at radius 1 is 1.67 bits per heavy atom. The lowest BCUT2D eigenvalue weighted by molar-refractivity contribution is 0.327. The van der Waals surface area contributed by atoms with E-state index in [1.165, 1.54) is 0 Å². The highest BCUT2D eigenvalue weighted by atomic mass is 15.2. The summed E-state index contributed by atoms with van der Waals surface area (Å²) in [7, 11) is 0. The molecule has 0 aliphatic carbocycles. The molecule has 0 saturated carbocycles. The van der Waals surface area contributed by atoms with Crippen LogP contribution in [-0.4, -0.2) is 29.0 Å². The molecule has 1 saturated heterocycles. The second kappa shape index (κ2) is 4.39. The minimum Gasteiger partial charge on any atom is -0.326 e. The van der Waals surface area contributed by atoms with Crippen LogP contribution in [0.1, 0.15) is 17.7 Å². The number of hydrogen-bond donors (Lipinski definition) is 1. The summed E-state index contributed by atoms with van der Waals surface area (Å²) >= 11 is 0. The van der Waals surface area contributed by atoms with Gasteiger partial charge in [0.05, 0.1) is 0 Å². The van der Waals surface area contributed by atoms with Crippen LogP contribution in [0.2, 0.25) is 0 Å². The van der Waals surface area contributed by atoms with Gasteiger partial charge in [-0.1, -0.05) is 0 Å². The maximum atomic E-state index is 8.72. The van der Waals surface area contributed by atoms with Gasteiger partial charge in [-0.2, -0.15) is 5.26 Å². The molecular formula is C11H14N4. The first-order chi connectivity index (χ1) is 7.28. The molecule has 2 heterocycles. The summed E-state index contributed by atoms with van der Waals surface area (Å²) in [6.45, 7) is 2.86. The number of hydrogen-bond acceptors (Lipinski definition) is 4. The Morgan fingerprint density at radius 2 is 2.53 bits per heavy atom. The number of aromatic nitrogens is 1. The number of likely N-dealkylation sites (tertiary alicyclic amines) is 1. The maximum absolute atomic E-state index is 8.72. The molecule has 15 heavy (non-hydrogen) atoms. The fraction of sp³-hybridized carbons (Fsp3) is 0.455. The van der Waals surface area contributed by atoms with Gasteiger partial charge in [0, 0.05) is 31.9 Å². The molecule has 4 heteroatoms. The van der Waals surface area contributed by atoms with Gasteiger partial charge in [0.1, 0.15) is 11.8 Å². The zero-order valence-electron chi connectivity index (χ0n) is 8.56. The predicted molar refractivity (Wildman–Crippen MR) is 56.8 cm³/mol. The highest BCUT2D eigenvalue weighted by Crippen LogP contribution is 2.12. The van der Waals surface area contributed by atoms with E-state index >= 15 is 0 Å². The first-order valence-electron chi connectivity index (χ1n) is 5.11. The van der Waals surface area contributed by atoms with Crippen LogP contribution < -0.4 is 5.73 Å². The van der Waals surface area contributed by atoms with Crippen molar-refractivity contribution < 1.29 is 0 Å². The second-order valence-corrected chi connectivity index (χ2v) is 3.95. The van der Waals surface area contributed by atoms with E-state index in [2.05, 4.69) is 9.88 Å². The van der Waals surface area contributed by atoms with Gasteiger partial charge in [0.2, 0.25) is 0 Å². The van der Waals surface area contributed by atoms with Gasteiger partial charge in [-0.3, -0.25) is 4.90 Å². The third kappa shape index (κ3) is 2.52. The Hall–Kier alpha value is -1.44. The number of nitriles is 1. The molecule has 0 aromatic carbocycles. The summed E-state index contributed by atoms with van der Waals surface area (Å²) in [5, 5.41) is 8.72. The monoisotopic (exact) mass is 202 g/mol. The standard InChI is InChI=1S/C11H14N4/c12-6-11-5-9(1-3-14-11)7-15-4-2-10(13)8-15/h1,3,5,10H,2,4,7-8,13H2/t10-/m0/s1. The molecule has 4 nitrogen and oxygen atoms in total. The van der Waals surface area contributed by atoms with E-state index in [0.29, 0.717) is 11.7 Å². The molecule has 1 aliphatic heterocycles. The van der Waals surface area contributed by atoms with Gasteiger partial charge < -0.3 is 5.73 Å². The van der Waals surface area contributed by atoms with E-state index in [-0.39, 0.29) is 0 Å². The Labute approximate surface area is 89.3 Å². The van der Waals surface area contributed by atoms with Crippen molar-refractivity contribution in [2.24, 2.45) is 5.73 Å². The Kier molecular flexibility index (Phi) is 2.95. The molecule has 1 atom stereocenters. The van der Waals surface area contributed by atoms with Crippen LogP contribution in [0.3, 0.4) is 0 Å². The van der Waals surface area contributed by atoms with Crippen molar-refractivity contribution in [1.29, 1.82) is 5.26 Å². The van der Waals surface area contributed by atoms with E-state index in [9.17, 15) is 0 Å². The molecule has 1 aromatic heterocycles. The van der Waals surface area contributed by atoms with E-state index in [1.807, 2.05) is 18.2 Å². The third-order valence-corrected chi connectivity index (χ3v) is 2.65. The maximum Gasteiger partial charge on any atom is 0.140 e. The minimum atomic E-state index is 0.308. The Bertz CT molecular complexity index is 382. The van der Waals surface area contributed by atoms with E-state index < -0.39 is 0 Å². The molecule has 1 aliphatic rings. The fourth-order valence-corrected chi connectivity index (χ4v) is 1.90. The van der Waals surface area contributed by atoms with Gasteiger partial charge in [-0.05, 0) is 24.1 Å². The third-order valence-electron chi connectivity index (χ3n) is 2.65. The highest BCUT2D eigenvalue weighted by molar-refractivity contribution is 5.25. The van der Waals surface area contributed by atoms with Gasteiger partial charge in [0.15, 0.2) is 0 Å². The predicted octanol–water partition coefficient (Wildman–Crippen LogP) is 0.486. The van der Waals surface area contributed by atoms with E-state index in [1.54, 1.807) is 6.20 Å². The Balaban J connectivity index is 2.02. The van der Waals surface area contributed by atoms with Crippen LogP contribution in [0.5, 0.6) is 0 Å². The summed E-state index contributed by atoms with van der Waals surface area (Å²) in [5.74, 6) is 0. The van der Waals surface area contributed by atoms with Crippen LogP contribution in [0, 0.1) is 11.3 Å². The second-order valence-electron chi connectivity index (χ2n) is 3.95. The molecule has 2 N–H and O–H groups in total. The SMILES string of the molecule is N#Cc1cc(CN2CC[C@H](N)C2)ccn1. The zero-order valence-corrected chi connectivity index (χ0v) is 8.56. The van der Waals surface area contributed by atoms with Crippen LogP contribution in [0.4, 0.5) is 0 Å². The summed E-state index contributed by atoms with van der Waals surface area (Å²) in [6.07, 6.45) is 2.75. The van der Waals surface area contributed by atoms with Crippen molar-refractivity contribution in [2.75, 3.05) is 13.1 Å². The normalized spacial score (nSPS) is 21.5. The average molecular weight is 202 g/mol. The molecule has 2 rings (SSSR count). The molecule has 78 valence electrons. The number of nitrogens with two attached hydrogens (primary N) is 1. The van der Waals surface area contributed by atoms with Crippen molar-refractivity contribution >= 4 is 0 Å². The smallest absolute Gasteiger partial charge is 0.140 e. The van der Waals surface area contributed by atoms with Gasteiger partial charge >= 0.3 is 0 Å². The van der Waals surface area contributed by atoms with Crippen LogP contribution in [0.15, 0.2) is 18.3 Å². The van der Waals surface area contributed by atoms with Crippen molar-refractivity contribution in [3.05, 3.63) is 29.6 Å². The summed E-state index contributed by atoms with van der Waals surface area (Å²) in [6, 6.07) is 6.14. The first-order valence-corrected chi connectivity index (χ1v) is 5.11. The van der Waals surface area contributed by atoms with Crippen molar-refractivity contribution in [3.8, 4) is 6.07 Å².